The summed E-state index contributed by atoms with van der Waals surface area (Å²) in [4.78, 5) is 29.9. The van der Waals surface area contributed by atoms with E-state index in [1.807, 2.05) is 61.5 Å². The number of aliphatic hydroxyl groups is 1. The molecule has 0 saturated heterocycles. The number of nitrogens with zero attached hydrogens (tertiary/aromatic N) is 2. The first kappa shape index (κ1) is 22.5. The second-order valence-electron chi connectivity index (χ2n) is 7.71. The number of carbonyl (C=O) groups is 2. The zero-order valence-corrected chi connectivity index (χ0v) is 18.4. The van der Waals surface area contributed by atoms with Crippen molar-refractivity contribution in [2.75, 3.05) is 26.2 Å². The largest absolute Gasteiger partial charge is 0.503 e. The Kier molecular flexibility index (Phi) is 7.42. The predicted molar refractivity (Wildman–Crippen MR) is 124 cm³/mol. The smallest absolute Gasteiger partial charge is 0.290 e. The molecule has 0 radical (unpaired) electrons. The maximum Gasteiger partial charge on any atom is 0.290 e. The molecule has 0 bridgehead atoms. The summed E-state index contributed by atoms with van der Waals surface area (Å²) in [7, 11) is 0. The summed E-state index contributed by atoms with van der Waals surface area (Å²) in [6.07, 6.45) is 3.14. The fraction of sp³-hybridized carbons (Fsp3) is 0.308. The standard InChI is InChI=1S/C26H30N2O3/c1-4-27(5-2)17-18-28-24(21-14-11-19(3)12-15-21)23(25(30)26(28)31)22(29)16-13-20-9-7-6-8-10-20/h6-16,24,30H,4-5,17-18H2,1-3H3/b16-13+/t24-/m0/s1. The van der Waals surface area contributed by atoms with Gasteiger partial charge in [0.15, 0.2) is 11.5 Å². The zero-order valence-electron chi connectivity index (χ0n) is 18.4. The molecule has 5 nitrogen and oxygen atoms in total. The third-order valence-electron chi connectivity index (χ3n) is 5.74. The van der Waals surface area contributed by atoms with E-state index in [2.05, 4.69) is 18.7 Å². The average molecular weight is 419 g/mol. The van der Waals surface area contributed by atoms with Gasteiger partial charge in [-0.15, -0.1) is 0 Å². The first-order valence-electron chi connectivity index (χ1n) is 10.8. The van der Waals surface area contributed by atoms with E-state index in [0.29, 0.717) is 13.1 Å². The highest BCUT2D eigenvalue weighted by atomic mass is 16.3. The van der Waals surface area contributed by atoms with Crippen LogP contribution < -0.4 is 0 Å². The molecule has 2 aromatic rings. The highest BCUT2D eigenvalue weighted by Gasteiger charge is 2.42. The van der Waals surface area contributed by atoms with Crippen LogP contribution in [0.5, 0.6) is 0 Å². The fourth-order valence-electron chi connectivity index (χ4n) is 3.85. The molecule has 1 amide bonds. The lowest BCUT2D eigenvalue weighted by Crippen LogP contribution is -2.38. The van der Waals surface area contributed by atoms with Crippen molar-refractivity contribution < 1.29 is 14.7 Å². The van der Waals surface area contributed by atoms with E-state index in [4.69, 9.17) is 0 Å². The maximum absolute atomic E-state index is 13.1. The van der Waals surface area contributed by atoms with E-state index in [1.54, 1.807) is 11.0 Å². The van der Waals surface area contributed by atoms with Crippen molar-refractivity contribution in [3.63, 3.8) is 0 Å². The van der Waals surface area contributed by atoms with Crippen molar-refractivity contribution in [3.8, 4) is 0 Å². The van der Waals surface area contributed by atoms with Crippen LogP contribution >= 0.6 is 0 Å². The molecule has 0 fully saturated rings. The molecule has 1 aliphatic rings. The summed E-state index contributed by atoms with van der Waals surface area (Å²) in [6.45, 7) is 9.00. The molecule has 1 aliphatic heterocycles. The molecule has 0 aromatic heterocycles. The average Bonchev–Trinajstić information content (AvgIpc) is 3.04. The van der Waals surface area contributed by atoms with E-state index in [-0.39, 0.29) is 11.4 Å². The van der Waals surface area contributed by atoms with Crippen molar-refractivity contribution in [3.05, 3.63) is 88.7 Å². The monoisotopic (exact) mass is 418 g/mol. The van der Waals surface area contributed by atoms with Gasteiger partial charge in [-0.1, -0.05) is 80.1 Å². The summed E-state index contributed by atoms with van der Waals surface area (Å²) in [6, 6.07) is 16.6. The first-order valence-corrected chi connectivity index (χ1v) is 10.8. The number of carbonyl (C=O) groups excluding carboxylic acids is 2. The molecular weight excluding hydrogens is 388 g/mol. The Labute approximate surface area is 184 Å². The molecule has 1 N–H and O–H groups in total. The van der Waals surface area contributed by atoms with E-state index in [9.17, 15) is 14.7 Å². The molecule has 5 heteroatoms. The van der Waals surface area contributed by atoms with E-state index < -0.39 is 17.7 Å². The first-order chi connectivity index (χ1) is 15.0. The van der Waals surface area contributed by atoms with Gasteiger partial charge < -0.3 is 14.9 Å². The normalized spacial score (nSPS) is 16.7. The number of aliphatic hydroxyl groups excluding tert-OH is 1. The SMILES string of the molecule is CCN(CC)CCN1C(=O)C(O)=C(C(=O)/C=C/c2ccccc2)[C@@H]1c1ccc(C)cc1. The van der Waals surface area contributed by atoms with Crippen LogP contribution in [-0.2, 0) is 9.59 Å². The van der Waals surface area contributed by atoms with Crippen LogP contribution in [0.25, 0.3) is 6.08 Å². The van der Waals surface area contributed by atoms with Gasteiger partial charge in [-0.05, 0) is 37.2 Å². The van der Waals surface area contributed by atoms with E-state index in [1.165, 1.54) is 6.08 Å². The molecule has 1 heterocycles. The molecule has 31 heavy (non-hydrogen) atoms. The molecule has 0 aliphatic carbocycles. The summed E-state index contributed by atoms with van der Waals surface area (Å²) in [5, 5.41) is 10.7. The molecule has 1 atom stereocenters. The number of hydrogen-bond donors (Lipinski definition) is 1. The van der Waals surface area contributed by atoms with Crippen LogP contribution in [0.3, 0.4) is 0 Å². The second kappa shape index (κ2) is 10.2. The van der Waals surface area contributed by atoms with Gasteiger partial charge in [0.2, 0.25) is 0 Å². The summed E-state index contributed by atoms with van der Waals surface area (Å²) < 4.78 is 0. The van der Waals surface area contributed by atoms with Gasteiger partial charge in [0.1, 0.15) is 0 Å². The van der Waals surface area contributed by atoms with Gasteiger partial charge in [0.25, 0.3) is 5.91 Å². The number of allylic oxidation sites excluding steroid dienone is 1. The zero-order chi connectivity index (χ0) is 22.4. The lowest BCUT2D eigenvalue weighted by molar-refractivity contribution is -0.129. The molecule has 0 spiro atoms. The topological polar surface area (TPSA) is 60.9 Å². The fourth-order valence-corrected chi connectivity index (χ4v) is 3.85. The summed E-state index contributed by atoms with van der Waals surface area (Å²) >= 11 is 0. The molecular formula is C26H30N2O3. The third-order valence-corrected chi connectivity index (χ3v) is 5.74. The van der Waals surface area contributed by atoms with Gasteiger partial charge in [0, 0.05) is 13.1 Å². The van der Waals surface area contributed by atoms with E-state index >= 15 is 0 Å². The molecule has 0 saturated carbocycles. The van der Waals surface area contributed by atoms with Gasteiger partial charge in [0.05, 0.1) is 11.6 Å². The minimum Gasteiger partial charge on any atom is -0.503 e. The summed E-state index contributed by atoms with van der Waals surface area (Å²) in [5.41, 5.74) is 2.93. The van der Waals surface area contributed by atoms with Crippen molar-refractivity contribution in [2.24, 2.45) is 0 Å². The van der Waals surface area contributed by atoms with Crippen molar-refractivity contribution in [1.82, 2.24) is 9.80 Å². The van der Waals surface area contributed by atoms with Gasteiger partial charge in [-0.2, -0.15) is 0 Å². The van der Waals surface area contributed by atoms with Crippen molar-refractivity contribution in [1.29, 1.82) is 0 Å². The number of ketones is 1. The maximum atomic E-state index is 13.1. The molecule has 2 aromatic carbocycles. The van der Waals surface area contributed by atoms with Crippen LogP contribution in [0.4, 0.5) is 0 Å². The predicted octanol–water partition coefficient (Wildman–Crippen LogP) is 4.31. The Morgan fingerprint density at radius 1 is 1.06 bits per heavy atom. The quantitative estimate of drug-likeness (QED) is 0.617. The Balaban J connectivity index is 1.94. The number of likely N-dealkylation sites (N-methyl/N-ethyl adjacent to an activating group) is 1. The Bertz CT molecular complexity index is 973. The lowest BCUT2D eigenvalue weighted by Gasteiger charge is -2.29. The molecule has 0 unspecified atom stereocenters. The number of rotatable bonds is 9. The Hall–Kier alpha value is -3.18. The van der Waals surface area contributed by atoms with Crippen LogP contribution in [-0.4, -0.2) is 52.8 Å². The Morgan fingerprint density at radius 2 is 1.71 bits per heavy atom. The van der Waals surface area contributed by atoms with Crippen LogP contribution in [0.2, 0.25) is 0 Å². The van der Waals surface area contributed by atoms with Gasteiger partial charge in [-0.25, -0.2) is 0 Å². The van der Waals surface area contributed by atoms with Gasteiger partial charge in [-0.3, -0.25) is 9.59 Å². The van der Waals surface area contributed by atoms with Crippen LogP contribution in [0, 0.1) is 6.92 Å². The third kappa shape index (κ3) is 5.12. The number of aryl methyl sites for hydroxylation is 1. The molecule has 162 valence electrons. The van der Waals surface area contributed by atoms with Crippen LogP contribution in [0.15, 0.2) is 72.0 Å². The lowest BCUT2D eigenvalue weighted by atomic mass is 9.95. The molecule has 3 rings (SSSR count). The summed E-state index contributed by atoms with van der Waals surface area (Å²) in [5.74, 6) is -1.30. The number of amides is 1. The minimum atomic E-state index is -0.600. The van der Waals surface area contributed by atoms with Crippen molar-refractivity contribution >= 4 is 17.8 Å². The highest BCUT2D eigenvalue weighted by Crippen LogP contribution is 2.38. The number of hydrogen-bond acceptors (Lipinski definition) is 4. The highest BCUT2D eigenvalue weighted by molar-refractivity contribution is 6.14. The Morgan fingerprint density at radius 3 is 2.32 bits per heavy atom. The minimum absolute atomic E-state index is 0.139. The number of benzene rings is 2. The second-order valence-corrected chi connectivity index (χ2v) is 7.71. The van der Waals surface area contributed by atoms with E-state index in [0.717, 1.165) is 29.8 Å². The van der Waals surface area contributed by atoms with Crippen molar-refractivity contribution in [2.45, 2.75) is 26.8 Å². The van der Waals surface area contributed by atoms with Crippen LogP contribution in [0.1, 0.15) is 36.6 Å². The van der Waals surface area contributed by atoms with Gasteiger partial charge >= 0.3 is 0 Å².